The molecule has 1 fully saturated rings. The van der Waals surface area contributed by atoms with Gasteiger partial charge in [-0.15, -0.1) is 0 Å². The van der Waals surface area contributed by atoms with Crippen molar-refractivity contribution in [2.75, 3.05) is 13.2 Å². The summed E-state index contributed by atoms with van der Waals surface area (Å²) in [5.41, 5.74) is 0.0123. The van der Waals surface area contributed by atoms with Crippen molar-refractivity contribution < 1.29 is 27.5 Å². The van der Waals surface area contributed by atoms with E-state index in [1.807, 2.05) is 0 Å². The van der Waals surface area contributed by atoms with Gasteiger partial charge in [-0.1, -0.05) is 0 Å². The minimum atomic E-state index is -3.77. The highest BCUT2D eigenvalue weighted by Gasteiger charge is 2.23. The van der Waals surface area contributed by atoms with Crippen molar-refractivity contribution in [2.45, 2.75) is 30.8 Å². The Balaban J connectivity index is 1.70. The van der Waals surface area contributed by atoms with Gasteiger partial charge in [-0.2, -0.15) is 5.10 Å². The lowest BCUT2D eigenvalue weighted by atomic mass is 10.2. The lowest BCUT2D eigenvalue weighted by molar-refractivity contribution is 0.0695. The van der Waals surface area contributed by atoms with E-state index in [-0.39, 0.29) is 34.6 Å². The molecule has 2 N–H and O–H groups in total. The topological polar surface area (TPSA) is 124 Å². The van der Waals surface area contributed by atoms with Gasteiger partial charge in [0, 0.05) is 12.8 Å². The van der Waals surface area contributed by atoms with Crippen LogP contribution >= 0.6 is 0 Å². The molecule has 3 rings (SSSR count). The molecular weight excluding hydrogens is 338 g/mol. The highest BCUT2D eigenvalue weighted by atomic mass is 32.2. The van der Waals surface area contributed by atoms with Crippen molar-refractivity contribution in [3.05, 3.63) is 35.5 Å². The molecule has 2 aromatic rings. The molecule has 0 bridgehead atoms. The summed E-state index contributed by atoms with van der Waals surface area (Å²) < 4.78 is 39.1. The number of carboxylic acid groups (broad SMARTS) is 1. The Bertz CT molecular complexity index is 848. The van der Waals surface area contributed by atoms with Crippen LogP contribution in [0.25, 0.3) is 0 Å². The second-order valence-corrected chi connectivity index (χ2v) is 7.25. The van der Waals surface area contributed by atoms with Crippen molar-refractivity contribution in [3.8, 4) is 0 Å². The molecule has 0 aliphatic carbocycles. The number of hydrogen-bond acceptors (Lipinski definition) is 6. The van der Waals surface area contributed by atoms with Crippen LogP contribution in [0, 0.1) is 6.92 Å². The molecule has 10 heteroatoms. The molecule has 24 heavy (non-hydrogen) atoms. The molecule has 0 aromatic carbocycles. The summed E-state index contributed by atoms with van der Waals surface area (Å²) in [6.45, 7) is 2.51. The molecule has 0 saturated carbocycles. The van der Waals surface area contributed by atoms with E-state index in [1.54, 1.807) is 4.68 Å². The summed E-state index contributed by atoms with van der Waals surface area (Å²) in [4.78, 5) is 11.0. The monoisotopic (exact) mass is 355 g/mol. The van der Waals surface area contributed by atoms with Gasteiger partial charge in [0.15, 0.2) is 0 Å². The van der Waals surface area contributed by atoms with E-state index in [2.05, 4.69) is 9.82 Å². The zero-order valence-electron chi connectivity index (χ0n) is 12.9. The number of aromatic carboxylic acids is 1. The fraction of sp³-hybridized carbons (Fsp3) is 0.429. The summed E-state index contributed by atoms with van der Waals surface area (Å²) in [6, 6.07) is 1.35. The molecule has 0 radical (unpaired) electrons. The zero-order valence-corrected chi connectivity index (χ0v) is 13.7. The number of nitrogens with zero attached hydrogens (tertiary/aromatic N) is 2. The maximum Gasteiger partial charge on any atom is 0.339 e. The molecule has 2 aromatic heterocycles. The van der Waals surface area contributed by atoms with Crippen LogP contribution in [0.2, 0.25) is 0 Å². The van der Waals surface area contributed by atoms with E-state index >= 15 is 0 Å². The van der Waals surface area contributed by atoms with Gasteiger partial charge in [0.25, 0.3) is 0 Å². The molecule has 1 aliphatic heterocycles. The number of nitrogens with one attached hydrogen (secondary N) is 1. The SMILES string of the molecule is Cc1oc(CNS(=O)(=O)c2cnn(C3CCOC3)c2)cc1C(=O)O. The molecule has 0 amide bonds. The van der Waals surface area contributed by atoms with E-state index in [0.29, 0.717) is 13.2 Å². The first-order valence-electron chi connectivity index (χ1n) is 7.31. The first-order chi connectivity index (χ1) is 11.4. The van der Waals surface area contributed by atoms with Gasteiger partial charge in [0.05, 0.1) is 25.4 Å². The highest BCUT2D eigenvalue weighted by Crippen LogP contribution is 2.20. The Hall–Kier alpha value is -2.17. The van der Waals surface area contributed by atoms with Crippen LogP contribution in [-0.4, -0.2) is 42.5 Å². The molecule has 1 atom stereocenters. The molecule has 1 unspecified atom stereocenters. The van der Waals surface area contributed by atoms with Gasteiger partial charge in [-0.05, 0) is 19.4 Å². The fourth-order valence-electron chi connectivity index (χ4n) is 2.48. The third kappa shape index (κ3) is 3.35. The lowest BCUT2D eigenvalue weighted by Gasteiger charge is -2.07. The Morgan fingerprint density at radius 2 is 2.33 bits per heavy atom. The van der Waals surface area contributed by atoms with E-state index < -0.39 is 16.0 Å². The minimum Gasteiger partial charge on any atom is -0.478 e. The maximum absolute atomic E-state index is 12.3. The van der Waals surface area contributed by atoms with Crippen molar-refractivity contribution in [1.82, 2.24) is 14.5 Å². The van der Waals surface area contributed by atoms with Crippen molar-refractivity contribution in [3.63, 3.8) is 0 Å². The molecule has 1 aliphatic rings. The number of aromatic nitrogens is 2. The average molecular weight is 355 g/mol. The number of furan rings is 1. The molecule has 130 valence electrons. The average Bonchev–Trinajstić information content (AvgIpc) is 3.25. The Kier molecular flexibility index (Phi) is 4.43. The second-order valence-electron chi connectivity index (χ2n) is 5.49. The summed E-state index contributed by atoms with van der Waals surface area (Å²) in [6.07, 6.45) is 3.52. The Morgan fingerprint density at radius 3 is 2.96 bits per heavy atom. The number of hydrogen-bond donors (Lipinski definition) is 2. The van der Waals surface area contributed by atoms with Crippen LogP contribution in [0.4, 0.5) is 0 Å². The largest absolute Gasteiger partial charge is 0.478 e. The number of sulfonamides is 1. The van der Waals surface area contributed by atoms with E-state index in [1.165, 1.54) is 25.4 Å². The van der Waals surface area contributed by atoms with Crippen LogP contribution in [0.1, 0.15) is 34.3 Å². The predicted molar refractivity (Wildman–Crippen MR) is 81.1 cm³/mol. The number of aryl methyl sites for hydroxylation is 1. The van der Waals surface area contributed by atoms with E-state index in [0.717, 1.165) is 6.42 Å². The number of rotatable bonds is 6. The minimum absolute atomic E-state index is 0.0123. The normalized spacial score (nSPS) is 18.1. The summed E-state index contributed by atoms with van der Waals surface area (Å²) in [7, 11) is -3.77. The maximum atomic E-state index is 12.3. The van der Waals surface area contributed by atoms with Crippen LogP contribution in [0.5, 0.6) is 0 Å². The van der Waals surface area contributed by atoms with Crippen LogP contribution in [0.15, 0.2) is 27.8 Å². The van der Waals surface area contributed by atoms with Crippen LogP contribution < -0.4 is 4.72 Å². The molecule has 0 spiro atoms. The van der Waals surface area contributed by atoms with E-state index in [4.69, 9.17) is 14.3 Å². The third-order valence-corrected chi connectivity index (χ3v) is 5.16. The molecule has 9 nitrogen and oxygen atoms in total. The number of ether oxygens (including phenoxy) is 1. The third-order valence-electron chi connectivity index (χ3n) is 3.80. The molecular formula is C14H17N3O6S. The predicted octanol–water partition coefficient (Wildman–Crippen LogP) is 0.923. The first kappa shape index (κ1) is 16.7. The Labute approximate surface area is 138 Å². The standard InChI is InChI=1S/C14H17N3O6S/c1-9-13(14(18)19)4-11(23-9)5-16-24(20,21)12-6-15-17(7-12)10-2-3-22-8-10/h4,6-7,10,16H,2-3,5,8H2,1H3,(H,18,19). The quantitative estimate of drug-likeness (QED) is 0.789. The highest BCUT2D eigenvalue weighted by molar-refractivity contribution is 7.89. The van der Waals surface area contributed by atoms with Gasteiger partial charge in [0.2, 0.25) is 10.0 Å². The number of carboxylic acids is 1. The summed E-state index contributed by atoms with van der Waals surface area (Å²) in [5, 5.41) is 13.0. The van der Waals surface area contributed by atoms with Crippen LogP contribution in [-0.2, 0) is 21.3 Å². The zero-order chi connectivity index (χ0) is 17.3. The fourth-order valence-corrected chi connectivity index (χ4v) is 3.41. The smallest absolute Gasteiger partial charge is 0.339 e. The van der Waals surface area contributed by atoms with Gasteiger partial charge < -0.3 is 14.3 Å². The Morgan fingerprint density at radius 1 is 1.54 bits per heavy atom. The first-order valence-corrected chi connectivity index (χ1v) is 8.79. The summed E-state index contributed by atoms with van der Waals surface area (Å²) >= 11 is 0. The van der Waals surface area contributed by atoms with Crippen molar-refractivity contribution >= 4 is 16.0 Å². The van der Waals surface area contributed by atoms with Crippen molar-refractivity contribution in [1.29, 1.82) is 0 Å². The van der Waals surface area contributed by atoms with Gasteiger partial charge in [-0.25, -0.2) is 17.9 Å². The second kappa shape index (κ2) is 6.38. The van der Waals surface area contributed by atoms with Crippen LogP contribution in [0.3, 0.4) is 0 Å². The summed E-state index contributed by atoms with van der Waals surface area (Å²) in [5.74, 6) is -0.666. The van der Waals surface area contributed by atoms with Gasteiger partial charge in [-0.3, -0.25) is 4.68 Å². The lowest BCUT2D eigenvalue weighted by Crippen LogP contribution is -2.22. The number of carbonyl (C=O) groups is 1. The van der Waals surface area contributed by atoms with Crippen molar-refractivity contribution in [2.24, 2.45) is 0 Å². The van der Waals surface area contributed by atoms with Gasteiger partial charge >= 0.3 is 5.97 Å². The van der Waals surface area contributed by atoms with Gasteiger partial charge in [0.1, 0.15) is 22.0 Å². The van der Waals surface area contributed by atoms with E-state index in [9.17, 15) is 13.2 Å². The molecule has 1 saturated heterocycles. The molecule has 3 heterocycles.